The van der Waals surface area contributed by atoms with Crippen LogP contribution in [-0.2, 0) is 16.6 Å². The second-order valence-corrected chi connectivity index (χ2v) is 10.7. The third kappa shape index (κ3) is 5.20. The number of nitrogens with zero attached hydrogens (tertiary/aromatic N) is 3. The molecule has 9 heteroatoms. The molecule has 1 N–H and O–H groups in total. The SMILES string of the molecule is C[C@H]1CN([C@@H](C)CO)S(=O)(=O)c2ccc(Br)cc2O[C@@H]1CN(C)Cc1cccnc1. The summed E-state index contributed by atoms with van der Waals surface area (Å²) in [6, 6.07) is 8.34. The third-order valence-electron chi connectivity index (χ3n) is 5.30. The van der Waals surface area contributed by atoms with Crippen molar-refractivity contribution in [2.45, 2.75) is 37.4 Å². The normalized spacial score (nSPS) is 22.6. The maximum absolute atomic E-state index is 13.3. The van der Waals surface area contributed by atoms with Crippen molar-refractivity contribution in [3.63, 3.8) is 0 Å². The van der Waals surface area contributed by atoms with Gasteiger partial charge in [0, 0.05) is 48.5 Å². The zero-order valence-electron chi connectivity index (χ0n) is 17.4. The summed E-state index contributed by atoms with van der Waals surface area (Å²) in [4.78, 5) is 6.43. The number of hydrogen-bond acceptors (Lipinski definition) is 6. The topological polar surface area (TPSA) is 83.0 Å². The number of aliphatic hydroxyl groups is 1. The van der Waals surface area contributed by atoms with Crippen LogP contribution in [0.2, 0.25) is 0 Å². The van der Waals surface area contributed by atoms with Gasteiger partial charge in [0.25, 0.3) is 0 Å². The smallest absolute Gasteiger partial charge is 0.247 e. The summed E-state index contributed by atoms with van der Waals surface area (Å²) >= 11 is 3.42. The second kappa shape index (κ2) is 9.74. The lowest BCUT2D eigenvalue weighted by Gasteiger charge is -2.37. The summed E-state index contributed by atoms with van der Waals surface area (Å²) in [5, 5.41) is 9.68. The van der Waals surface area contributed by atoms with Crippen LogP contribution in [0.1, 0.15) is 19.4 Å². The first-order valence-electron chi connectivity index (χ1n) is 9.88. The monoisotopic (exact) mass is 497 g/mol. The van der Waals surface area contributed by atoms with E-state index >= 15 is 0 Å². The van der Waals surface area contributed by atoms with E-state index in [-0.39, 0.29) is 30.1 Å². The number of sulfonamides is 1. The highest BCUT2D eigenvalue weighted by Crippen LogP contribution is 2.35. The fraction of sp³-hybridized carbons (Fsp3) is 0.476. The van der Waals surface area contributed by atoms with Crippen molar-refractivity contribution >= 4 is 26.0 Å². The Bertz CT molecular complexity index is 958. The van der Waals surface area contributed by atoms with Gasteiger partial charge in [-0.05, 0) is 43.8 Å². The van der Waals surface area contributed by atoms with Gasteiger partial charge in [0.15, 0.2) is 0 Å². The minimum Gasteiger partial charge on any atom is -0.487 e. The number of halogens is 1. The number of fused-ring (bicyclic) bond motifs is 1. The van der Waals surface area contributed by atoms with E-state index in [2.05, 4.69) is 25.8 Å². The fourth-order valence-electron chi connectivity index (χ4n) is 3.59. The molecule has 0 saturated carbocycles. The maximum atomic E-state index is 13.3. The first-order valence-corrected chi connectivity index (χ1v) is 12.1. The minimum absolute atomic E-state index is 0.0859. The van der Waals surface area contributed by atoms with E-state index in [4.69, 9.17) is 4.74 Å². The second-order valence-electron chi connectivity index (χ2n) is 7.89. The van der Waals surface area contributed by atoms with E-state index in [9.17, 15) is 13.5 Å². The van der Waals surface area contributed by atoms with Crippen LogP contribution in [0, 0.1) is 5.92 Å². The van der Waals surface area contributed by atoms with E-state index in [1.54, 1.807) is 31.3 Å². The van der Waals surface area contributed by atoms with Crippen molar-refractivity contribution in [1.29, 1.82) is 0 Å². The van der Waals surface area contributed by atoms with Gasteiger partial charge in [0.2, 0.25) is 10.0 Å². The molecule has 1 aromatic heterocycles. The number of pyridine rings is 1. The molecule has 0 amide bonds. The lowest BCUT2D eigenvalue weighted by Crippen LogP contribution is -2.49. The number of aliphatic hydroxyl groups excluding tert-OH is 1. The molecule has 0 unspecified atom stereocenters. The molecule has 2 aromatic rings. The average molecular weight is 498 g/mol. The lowest BCUT2D eigenvalue weighted by molar-refractivity contribution is 0.0733. The summed E-state index contributed by atoms with van der Waals surface area (Å²) in [6.07, 6.45) is 3.35. The van der Waals surface area contributed by atoms with Gasteiger partial charge in [0.1, 0.15) is 16.7 Å². The van der Waals surface area contributed by atoms with Crippen molar-refractivity contribution in [2.24, 2.45) is 5.92 Å². The number of likely N-dealkylation sites (N-methyl/N-ethyl adjacent to an activating group) is 1. The van der Waals surface area contributed by atoms with Crippen molar-refractivity contribution in [2.75, 3.05) is 26.7 Å². The van der Waals surface area contributed by atoms with Crippen LogP contribution in [0.4, 0.5) is 0 Å². The largest absolute Gasteiger partial charge is 0.487 e. The average Bonchev–Trinajstić information content (AvgIpc) is 2.70. The van der Waals surface area contributed by atoms with Crippen molar-refractivity contribution in [1.82, 2.24) is 14.2 Å². The number of ether oxygens (including phenoxy) is 1. The molecule has 1 aliphatic heterocycles. The molecular formula is C21H28BrN3O4S. The third-order valence-corrected chi connectivity index (χ3v) is 7.81. The van der Waals surface area contributed by atoms with Crippen LogP contribution >= 0.6 is 15.9 Å². The van der Waals surface area contributed by atoms with Gasteiger partial charge < -0.3 is 9.84 Å². The Kier molecular flexibility index (Phi) is 7.52. The Morgan fingerprint density at radius 3 is 2.83 bits per heavy atom. The molecule has 0 radical (unpaired) electrons. The zero-order valence-corrected chi connectivity index (χ0v) is 19.8. The lowest BCUT2D eigenvalue weighted by atomic mass is 10.0. The predicted molar refractivity (Wildman–Crippen MR) is 119 cm³/mol. The van der Waals surface area contributed by atoms with Gasteiger partial charge in [-0.2, -0.15) is 4.31 Å². The predicted octanol–water partition coefficient (Wildman–Crippen LogP) is 2.74. The molecular weight excluding hydrogens is 470 g/mol. The molecule has 30 heavy (non-hydrogen) atoms. The molecule has 0 spiro atoms. The van der Waals surface area contributed by atoms with Crippen LogP contribution in [0.5, 0.6) is 5.75 Å². The number of hydrogen-bond donors (Lipinski definition) is 1. The highest BCUT2D eigenvalue weighted by Gasteiger charge is 2.38. The number of benzene rings is 1. The molecule has 0 fully saturated rings. The molecule has 2 heterocycles. The molecule has 7 nitrogen and oxygen atoms in total. The van der Waals surface area contributed by atoms with E-state index in [1.807, 2.05) is 32.3 Å². The molecule has 1 aliphatic rings. The Labute approximate surface area is 186 Å². The van der Waals surface area contributed by atoms with E-state index < -0.39 is 16.1 Å². The first-order chi connectivity index (χ1) is 14.2. The van der Waals surface area contributed by atoms with Crippen molar-refractivity contribution in [3.05, 3.63) is 52.8 Å². The standard InChI is InChI=1S/C21H28BrN3O4S/c1-15-11-25(16(2)14-26)30(27,28)21-7-6-18(22)9-19(21)29-20(15)13-24(3)12-17-5-4-8-23-10-17/h4-10,15-16,20,26H,11-14H2,1-3H3/t15-,16-,20+/m0/s1. The van der Waals surface area contributed by atoms with Crippen molar-refractivity contribution < 1.29 is 18.3 Å². The Morgan fingerprint density at radius 2 is 2.17 bits per heavy atom. The maximum Gasteiger partial charge on any atom is 0.247 e. The molecule has 0 bridgehead atoms. The zero-order chi connectivity index (χ0) is 21.9. The number of aromatic nitrogens is 1. The van der Waals surface area contributed by atoms with Crippen LogP contribution in [0.15, 0.2) is 52.1 Å². The number of rotatable bonds is 6. The van der Waals surface area contributed by atoms with Gasteiger partial charge in [-0.1, -0.05) is 28.9 Å². The molecule has 3 atom stereocenters. The van der Waals surface area contributed by atoms with Crippen LogP contribution in [-0.4, -0.2) is 66.6 Å². The van der Waals surface area contributed by atoms with E-state index in [1.165, 1.54) is 4.31 Å². The van der Waals surface area contributed by atoms with Gasteiger partial charge >= 0.3 is 0 Å². The fourth-order valence-corrected chi connectivity index (χ4v) is 5.76. The minimum atomic E-state index is -3.80. The Balaban J connectivity index is 1.92. The van der Waals surface area contributed by atoms with E-state index in [0.29, 0.717) is 18.8 Å². The summed E-state index contributed by atoms with van der Waals surface area (Å²) in [6.45, 7) is 5.05. The van der Waals surface area contributed by atoms with Gasteiger partial charge in [-0.25, -0.2) is 8.42 Å². The molecule has 164 valence electrons. The highest BCUT2D eigenvalue weighted by molar-refractivity contribution is 9.10. The van der Waals surface area contributed by atoms with Gasteiger partial charge in [-0.15, -0.1) is 0 Å². The summed E-state index contributed by atoms with van der Waals surface area (Å²) in [5.74, 6) is 0.239. The molecule has 0 saturated heterocycles. The van der Waals surface area contributed by atoms with Crippen molar-refractivity contribution in [3.8, 4) is 5.75 Å². The highest BCUT2D eigenvalue weighted by atomic mass is 79.9. The summed E-state index contributed by atoms with van der Waals surface area (Å²) in [7, 11) is -1.79. The molecule has 1 aromatic carbocycles. The van der Waals surface area contributed by atoms with E-state index in [0.717, 1.165) is 10.0 Å². The quantitative estimate of drug-likeness (QED) is 0.660. The summed E-state index contributed by atoms with van der Waals surface area (Å²) < 4.78 is 35.0. The van der Waals surface area contributed by atoms with Gasteiger partial charge in [-0.3, -0.25) is 9.88 Å². The van der Waals surface area contributed by atoms with Gasteiger partial charge in [0.05, 0.1) is 6.61 Å². The van der Waals surface area contributed by atoms with Crippen LogP contribution in [0.3, 0.4) is 0 Å². The first kappa shape index (κ1) is 23.1. The summed E-state index contributed by atoms with van der Waals surface area (Å²) in [5.41, 5.74) is 1.10. The molecule has 3 rings (SSSR count). The van der Waals surface area contributed by atoms with Crippen LogP contribution < -0.4 is 4.74 Å². The molecule has 0 aliphatic carbocycles. The van der Waals surface area contributed by atoms with Crippen LogP contribution in [0.25, 0.3) is 0 Å². The Morgan fingerprint density at radius 1 is 1.40 bits per heavy atom. The Hall–Kier alpha value is -1.52.